The van der Waals surface area contributed by atoms with Crippen molar-refractivity contribution < 1.29 is 4.74 Å². The van der Waals surface area contributed by atoms with Crippen LogP contribution in [0.25, 0.3) is 0 Å². The van der Waals surface area contributed by atoms with Gasteiger partial charge in [0.1, 0.15) is 5.75 Å². The minimum Gasteiger partial charge on any atom is -0.493 e. The fourth-order valence-electron chi connectivity index (χ4n) is 2.82. The Balaban J connectivity index is 1.64. The van der Waals surface area contributed by atoms with Crippen LogP contribution in [0.2, 0.25) is 5.02 Å². The van der Waals surface area contributed by atoms with Crippen LogP contribution >= 0.6 is 11.6 Å². The fraction of sp³-hybridized carbons (Fsp3) is 0.333. The Morgan fingerprint density at radius 1 is 1.19 bits per heavy atom. The lowest BCUT2D eigenvalue weighted by Crippen LogP contribution is -2.28. The molecule has 0 radical (unpaired) electrons. The van der Waals surface area contributed by atoms with Crippen molar-refractivity contribution in [1.29, 1.82) is 0 Å². The molecule has 1 aliphatic heterocycles. The molecule has 3 rings (SSSR count). The zero-order valence-corrected chi connectivity index (χ0v) is 12.9. The van der Waals surface area contributed by atoms with E-state index < -0.39 is 0 Å². The number of fused-ring (bicyclic) bond motifs is 1. The van der Waals surface area contributed by atoms with Gasteiger partial charge in [-0.1, -0.05) is 41.9 Å². The lowest BCUT2D eigenvalue weighted by molar-refractivity contribution is 0.263. The third-order valence-electron chi connectivity index (χ3n) is 4.12. The van der Waals surface area contributed by atoms with E-state index in [0.29, 0.717) is 12.0 Å². The summed E-state index contributed by atoms with van der Waals surface area (Å²) in [4.78, 5) is 0. The largest absolute Gasteiger partial charge is 0.493 e. The van der Waals surface area contributed by atoms with Gasteiger partial charge in [0.2, 0.25) is 0 Å². The summed E-state index contributed by atoms with van der Waals surface area (Å²) in [7, 11) is 0. The van der Waals surface area contributed by atoms with Crippen LogP contribution in [0.15, 0.2) is 48.5 Å². The minimum absolute atomic E-state index is 0.317. The number of nitrogens with one attached hydrogen (secondary N) is 1. The first-order valence-corrected chi connectivity index (χ1v) is 7.82. The van der Waals surface area contributed by atoms with Crippen LogP contribution in [-0.2, 0) is 0 Å². The lowest BCUT2D eigenvalue weighted by atomic mass is 9.92. The molecule has 0 aromatic heterocycles. The number of hydrogen-bond acceptors (Lipinski definition) is 2. The Kier molecular flexibility index (Phi) is 4.47. The maximum Gasteiger partial charge on any atom is 0.122 e. The third kappa shape index (κ3) is 3.39. The van der Waals surface area contributed by atoms with E-state index in [4.69, 9.17) is 16.3 Å². The highest BCUT2D eigenvalue weighted by atomic mass is 35.5. The van der Waals surface area contributed by atoms with Gasteiger partial charge in [-0.25, -0.2) is 0 Å². The Morgan fingerprint density at radius 2 is 1.95 bits per heavy atom. The predicted octanol–water partition coefficient (Wildman–Crippen LogP) is 4.56. The summed E-state index contributed by atoms with van der Waals surface area (Å²) in [5.41, 5.74) is 2.58. The van der Waals surface area contributed by atoms with Crippen molar-refractivity contribution >= 4 is 11.6 Å². The van der Waals surface area contributed by atoms with Crippen molar-refractivity contribution in [1.82, 2.24) is 5.32 Å². The van der Waals surface area contributed by atoms with Gasteiger partial charge < -0.3 is 10.1 Å². The van der Waals surface area contributed by atoms with Crippen LogP contribution in [0.3, 0.4) is 0 Å². The summed E-state index contributed by atoms with van der Waals surface area (Å²) in [5.74, 6) is 1.55. The zero-order chi connectivity index (χ0) is 14.7. The second-order valence-electron chi connectivity index (χ2n) is 5.55. The molecule has 110 valence electrons. The van der Waals surface area contributed by atoms with E-state index >= 15 is 0 Å². The van der Waals surface area contributed by atoms with Crippen molar-refractivity contribution in [2.24, 2.45) is 0 Å². The third-order valence-corrected chi connectivity index (χ3v) is 4.38. The molecule has 0 bridgehead atoms. The quantitative estimate of drug-likeness (QED) is 0.894. The SMILES string of the molecule is CC(NCC1CCOc2ccccc21)c1ccc(Cl)cc1. The van der Waals surface area contributed by atoms with Crippen molar-refractivity contribution in [3.63, 3.8) is 0 Å². The topological polar surface area (TPSA) is 21.3 Å². The second-order valence-corrected chi connectivity index (χ2v) is 5.99. The molecule has 0 aliphatic carbocycles. The molecule has 2 aromatic carbocycles. The zero-order valence-electron chi connectivity index (χ0n) is 12.2. The van der Waals surface area contributed by atoms with E-state index in [2.05, 4.69) is 42.6 Å². The first kappa shape index (κ1) is 14.4. The van der Waals surface area contributed by atoms with Crippen molar-refractivity contribution in [3.05, 3.63) is 64.7 Å². The summed E-state index contributed by atoms with van der Waals surface area (Å²) in [6.45, 7) is 3.96. The smallest absolute Gasteiger partial charge is 0.122 e. The van der Waals surface area contributed by atoms with Gasteiger partial charge in [-0.2, -0.15) is 0 Å². The summed E-state index contributed by atoms with van der Waals surface area (Å²) in [6.07, 6.45) is 1.07. The highest BCUT2D eigenvalue weighted by molar-refractivity contribution is 6.30. The molecule has 2 unspecified atom stereocenters. The van der Waals surface area contributed by atoms with Crippen LogP contribution < -0.4 is 10.1 Å². The summed E-state index contributed by atoms with van der Waals surface area (Å²) in [6, 6.07) is 16.7. The fourth-order valence-corrected chi connectivity index (χ4v) is 2.94. The van der Waals surface area contributed by atoms with Crippen molar-refractivity contribution in [2.75, 3.05) is 13.2 Å². The van der Waals surface area contributed by atoms with Gasteiger partial charge in [0.05, 0.1) is 6.61 Å². The first-order valence-electron chi connectivity index (χ1n) is 7.44. The van der Waals surface area contributed by atoms with Crippen LogP contribution in [-0.4, -0.2) is 13.2 Å². The monoisotopic (exact) mass is 301 g/mol. The average molecular weight is 302 g/mol. The Hall–Kier alpha value is -1.51. The highest BCUT2D eigenvalue weighted by Crippen LogP contribution is 2.33. The maximum absolute atomic E-state index is 5.94. The van der Waals surface area contributed by atoms with Crippen molar-refractivity contribution in [2.45, 2.75) is 25.3 Å². The molecule has 1 N–H and O–H groups in total. The molecule has 2 aromatic rings. The van der Waals surface area contributed by atoms with E-state index in [1.165, 1.54) is 11.1 Å². The second kappa shape index (κ2) is 6.50. The van der Waals surface area contributed by atoms with E-state index in [-0.39, 0.29) is 0 Å². The Bertz CT molecular complexity index is 596. The maximum atomic E-state index is 5.94. The Morgan fingerprint density at radius 3 is 2.76 bits per heavy atom. The number of benzene rings is 2. The molecule has 2 atom stereocenters. The molecule has 0 saturated heterocycles. The van der Waals surface area contributed by atoms with Gasteiger partial charge in [-0.15, -0.1) is 0 Å². The van der Waals surface area contributed by atoms with Crippen LogP contribution in [0.1, 0.15) is 36.4 Å². The molecular formula is C18H20ClNO. The Labute approximate surface area is 131 Å². The van der Waals surface area contributed by atoms with Crippen LogP contribution in [0.4, 0.5) is 0 Å². The van der Waals surface area contributed by atoms with E-state index in [1.54, 1.807) is 0 Å². The number of hydrogen-bond donors (Lipinski definition) is 1. The van der Waals surface area contributed by atoms with Crippen molar-refractivity contribution in [3.8, 4) is 5.75 Å². The number of halogens is 1. The lowest BCUT2D eigenvalue weighted by Gasteiger charge is -2.27. The molecular weight excluding hydrogens is 282 g/mol. The van der Waals surface area contributed by atoms with Gasteiger partial charge in [-0.05, 0) is 42.7 Å². The summed E-state index contributed by atoms with van der Waals surface area (Å²) < 4.78 is 5.72. The van der Waals surface area contributed by atoms with Crippen LogP contribution in [0.5, 0.6) is 5.75 Å². The molecule has 0 fully saturated rings. The molecule has 0 amide bonds. The normalized spacial score (nSPS) is 18.7. The standard InChI is InChI=1S/C18H20ClNO/c1-13(14-6-8-16(19)9-7-14)20-12-15-10-11-21-18-5-3-2-4-17(15)18/h2-9,13,15,20H,10-12H2,1H3. The van der Waals surface area contributed by atoms with Gasteiger partial charge in [0.15, 0.2) is 0 Å². The number of rotatable bonds is 4. The average Bonchev–Trinajstić information content (AvgIpc) is 2.53. The van der Waals surface area contributed by atoms with Gasteiger partial charge in [0, 0.05) is 23.5 Å². The van der Waals surface area contributed by atoms with E-state index in [9.17, 15) is 0 Å². The summed E-state index contributed by atoms with van der Waals surface area (Å²) >= 11 is 5.94. The molecule has 0 saturated carbocycles. The van der Waals surface area contributed by atoms with Gasteiger partial charge >= 0.3 is 0 Å². The molecule has 1 aliphatic rings. The first-order chi connectivity index (χ1) is 10.2. The van der Waals surface area contributed by atoms with E-state index in [0.717, 1.165) is 30.3 Å². The van der Waals surface area contributed by atoms with Gasteiger partial charge in [-0.3, -0.25) is 0 Å². The molecule has 2 nitrogen and oxygen atoms in total. The summed E-state index contributed by atoms with van der Waals surface area (Å²) in [5, 5.41) is 4.41. The minimum atomic E-state index is 0.317. The number of ether oxygens (including phenoxy) is 1. The molecule has 21 heavy (non-hydrogen) atoms. The predicted molar refractivity (Wildman–Crippen MR) is 87.2 cm³/mol. The van der Waals surface area contributed by atoms with Crippen LogP contribution in [0, 0.1) is 0 Å². The highest BCUT2D eigenvalue weighted by Gasteiger charge is 2.21. The van der Waals surface area contributed by atoms with Gasteiger partial charge in [0.25, 0.3) is 0 Å². The molecule has 0 spiro atoms. The molecule has 1 heterocycles. The molecule has 3 heteroatoms. The van der Waals surface area contributed by atoms with E-state index in [1.807, 2.05) is 18.2 Å². The number of para-hydroxylation sites is 1.